The van der Waals surface area contributed by atoms with Crippen LogP contribution < -0.4 is 5.32 Å². The molecule has 3 nitrogen and oxygen atoms in total. The quantitative estimate of drug-likeness (QED) is 0.846. The molecule has 2 rings (SSSR count). The summed E-state index contributed by atoms with van der Waals surface area (Å²) in [5, 5.41) is 10.8. The van der Waals surface area contributed by atoms with Gasteiger partial charge in [-0.1, -0.05) is 11.6 Å². The Morgan fingerprint density at radius 1 is 1.28 bits per heavy atom. The van der Waals surface area contributed by atoms with Gasteiger partial charge in [-0.3, -0.25) is 5.01 Å². The SMILES string of the molecule is CNc1ccc(Cl)cc1/C(C)=N\N1CCCCC1. The Balaban J connectivity index is 2.23. The molecule has 98 valence electrons. The summed E-state index contributed by atoms with van der Waals surface area (Å²) in [4.78, 5) is 0. The van der Waals surface area contributed by atoms with Crippen LogP contribution in [0.3, 0.4) is 0 Å². The van der Waals surface area contributed by atoms with E-state index in [-0.39, 0.29) is 0 Å². The maximum Gasteiger partial charge on any atom is 0.0667 e. The second-order valence-electron chi connectivity index (χ2n) is 4.64. The Labute approximate surface area is 114 Å². The lowest BCUT2D eigenvalue weighted by molar-refractivity contribution is 0.239. The van der Waals surface area contributed by atoms with Crippen molar-refractivity contribution in [1.82, 2.24) is 5.01 Å². The Hall–Kier alpha value is -1.22. The second-order valence-corrected chi connectivity index (χ2v) is 5.08. The molecule has 0 amide bonds. The van der Waals surface area contributed by atoms with Crippen LogP contribution in [0, 0.1) is 0 Å². The van der Waals surface area contributed by atoms with Crippen molar-refractivity contribution in [2.45, 2.75) is 26.2 Å². The molecule has 18 heavy (non-hydrogen) atoms. The Kier molecular flexibility index (Phi) is 4.48. The Morgan fingerprint density at radius 2 is 2.00 bits per heavy atom. The van der Waals surface area contributed by atoms with E-state index in [0.717, 1.165) is 35.1 Å². The molecule has 1 aliphatic rings. The monoisotopic (exact) mass is 265 g/mol. The minimum Gasteiger partial charge on any atom is -0.388 e. The summed E-state index contributed by atoms with van der Waals surface area (Å²) in [6.07, 6.45) is 3.81. The van der Waals surface area contributed by atoms with Crippen molar-refractivity contribution in [3.63, 3.8) is 0 Å². The Bertz CT molecular complexity index is 437. The van der Waals surface area contributed by atoms with E-state index in [1.165, 1.54) is 19.3 Å². The number of nitrogens with one attached hydrogen (secondary N) is 1. The van der Waals surface area contributed by atoms with Crippen molar-refractivity contribution < 1.29 is 0 Å². The van der Waals surface area contributed by atoms with E-state index in [4.69, 9.17) is 16.7 Å². The van der Waals surface area contributed by atoms with Crippen molar-refractivity contribution in [2.24, 2.45) is 5.10 Å². The van der Waals surface area contributed by atoms with Crippen LogP contribution in [0.25, 0.3) is 0 Å². The summed E-state index contributed by atoms with van der Waals surface area (Å²) in [7, 11) is 1.92. The largest absolute Gasteiger partial charge is 0.388 e. The molecule has 0 aromatic heterocycles. The van der Waals surface area contributed by atoms with Crippen molar-refractivity contribution in [1.29, 1.82) is 0 Å². The maximum absolute atomic E-state index is 6.06. The summed E-state index contributed by atoms with van der Waals surface area (Å²) in [6, 6.07) is 5.86. The third-order valence-electron chi connectivity index (χ3n) is 3.26. The molecule has 0 atom stereocenters. The smallest absolute Gasteiger partial charge is 0.0667 e. The minimum atomic E-state index is 0.747. The Morgan fingerprint density at radius 3 is 2.67 bits per heavy atom. The van der Waals surface area contributed by atoms with Crippen LogP contribution in [0.2, 0.25) is 5.02 Å². The zero-order valence-electron chi connectivity index (χ0n) is 11.0. The van der Waals surface area contributed by atoms with Crippen LogP contribution in [0.5, 0.6) is 0 Å². The van der Waals surface area contributed by atoms with Gasteiger partial charge in [-0.2, -0.15) is 5.10 Å². The highest BCUT2D eigenvalue weighted by Gasteiger charge is 2.10. The minimum absolute atomic E-state index is 0.747. The molecule has 1 saturated heterocycles. The van der Waals surface area contributed by atoms with E-state index in [2.05, 4.69) is 10.3 Å². The van der Waals surface area contributed by atoms with Gasteiger partial charge in [0.2, 0.25) is 0 Å². The zero-order valence-corrected chi connectivity index (χ0v) is 11.8. The number of piperidine rings is 1. The molecule has 1 aromatic rings. The van der Waals surface area contributed by atoms with Crippen molar-refractivity contribution in [2.75, 3.05) is 25.5 Å². The van der Waals surface area contributed by atoms with E-state index in [1.54, 1.807) is 0 Å². The number of benzene rings is 1. The van der Waals surface area contributed by atoms with Gasteiger partial charge in [0.05, 0.1) is 5.71 Å². The fourth-order valence-electron chi connectivity index (χ4n) is 2.28. The molecule has 0 radical (unpaired) electrons. The van der Waals surface area contributed by atoms with Crippen molar-refractivity contribution >= 4 is 23.0 Å². The number of halogens is 1. The first-order valence-electron chi connectivity index (χ1n) is 6.48. The lowest BCUT2D eigenvalue weighted by Gasteiger charge is -2.24. The fraction of sp³-hybridized carbons (Fsp3) is 0.500. The molecule has 1 aliphatic heterocycles. The van der Waals surface area contributed by atoms with Gasteiger partial charge in [-0.25, -0.2) is 0 Å². The maximum atomic E-state index is 6.06. The number of anilines is 1. The van der Waals surface area contributed by atoms with Gasteiger partial charge >= 0.3 is 0 Å². The number of rotatable bonds is 3. The standard InChI is InChI=1S/C14H20ClN3/c1-11(17-18-8-4-3-5-9-18)13-10-12(15)6-7-14(13)16-2/h6-7,10,16H,3-5,8-9H2,1-2H3/b17-11-. The molecule has 1 fully saturated rings. The van der Waals surface area contributed by atoms with Crippen LogP contribution in [-0.4, -0.2) is 30.9 Å². The first kappa shape index (κ1) is 13.2. The normalized spacial score (nSPS) is 16.8. The highest BCUT2D eigenvalue weighted by atomic mass is 35.5. The number of hydrogen-bond donors (Lipinski definition) is 1. The third kappa shape index (κ3) is 3.16. The molecule has 1 aromatic carbocycles. The summed E-state index contributed by atoms with van der Waals surface area (Å²) in [5.74, 6) is 0. The van der Waals surface area contributed by atoms with Gasteiger partial charge in [-0.15, -0.1) is 0 Å². The zero-order chi connectivity index (χ0) is 13.0. The van der Waals surface area contributed by atoms with Gasteiger partial charge in [0.25, 0.3) is 0 Å². The fourth-order valence-corrected chi connectivity index (χ4v) is 2.45. The average Bonchev–Trinajstić information content (AvgIpc) is 2.40. The highest BCUT2D eigenvalue weighted by Crippen LogP contribution is 2.21. The van der Waals surface area contributed by atoms with Gasteiger partial charge in [-0.05, 0) is 44.4 Å². The molecule has 0 bridgehead atoms. The van der Waals surface area contributed by atoms with Gasteiger partial charge < -0.3 is 5.32 Å². The van der Waals surface area contributed by atoms with E-state index < -0.39 is 0 Å². The van der Waals surface area contributed by atoms with Crippen molar-refractivity contribution in [3.8, 4) is 0 Å². The molecule has 1 N–H and O–H groups in total. The first-order valence-corrected chi connectivity index (χ1v) is 6.86. The molecule has 0 unspecified atom stereocenters. The number of nitrogens with zero attached hydrogens (tertiary/aromatic N) is 2. The summed E-state index contributed by atoms with van der Waals surface area (Å²) >= 11 is 6.06. The molecule has 0 saturated carbocycles. The van der Waals surface area contributed by atoms with Crippen LogP contribution in [-0.2, 0) is 0 Å². The molecular weight excluding hydrogens is 246 g/mol. The number of hydrazone groups is 1. The lowest BCUT2D eigenvalue weighted by atomic mass is 10.1. The second kappa shape index (κ2) is 6.10. The van der Waals surface area contributed by atoms with Crippen molar-refractivity contribution in [3.05, 3.63) is 28.8 Å². The van der Waals surface area contributed by atoms with E-state index in [1.807, 2.05) is 32.2 Å². The molecule has 4 heteroatoms. The van der Waals surface area contributed by atoms with E-state index >= 15 is 0 Å². The number of hydrogen-bond acceptors (Lipinski definition) is 3. The highest BCUT2D eigenvalue weighted by molar-refractivity contribution is 6.31. The molecule has 0 spiro atoms. The van der Waals surface area contributed by atoms with Crippen LogP contribution >= 0.6 is 11.6 Å². The van der Waals surface area contributed by atoms with E-state index in [0.29, 0.717) is 0 Å². The predicted octanol–water partition coefficient (Wildman–Crippen LogP) is 3.59. The molecular formula is C14H20ClN3. The van der Waals surface area contributed by atoms with Gasteiger partial charge in [0, 0.05) is 36.4 Å². The van der Waals surface area contributed by atoms with Gasteiger partial charge in [0.15, 0.2) is 0 Å². The average molecular weight is 266 g/mol. The molecule has 0 aliphatic carbocycles. The van der Waals surface area contributed by atoms with Crippen LogP contribution in [0.15, 0.2) is 23.3 Å². The predicted molar refractivity (Wildman–Crippen MR) is 78.6 cm³/mol. The first-order chi connectivity index (χ1) is 8.70. The topological polar surface area (TPSA) is 27.6 Å². The lowest BCUT2D eigenvalue weighted by Crippen LogP contribution is -2.25. The molecule has 1 heterocycles. The summed E-state index contributed by atoms with van der Waals surface area (Å²) in [6.45, 7) is 4.17. The van der Waals surface area contributed by atoms with Gasteiger partial charge in [0.1, 0.15) is 0 Å². The summed E-state index contributed by atoms with van der Waals surface area (Å²) < 4.78 is 0. The van der Waals surface area contributed by atoms with Crippen LogP contribution in [0.1, 0.15) is 31.7 Å². The summed E-state index contributed by atoms with van der Waals surface area (Å²) in [5.41, 5.74) is 3.16. The van der Waals surface area contributed by atoms with Crippen LogP contribution in [0.4, 0.5) is 5.69 Å². The third-order valence-corrected chi connectivity index (χ3v) is 3.50. The van der Waals surface area contributed by atoms with E-state index in [9.17, 15) is 0 Å².